The number of benzene rings is 1. The van der Waals surface area contributed by atoms with Crippen molar-refractivity contribution in [2.75, 3.05) is 11.9 Å². The molecule has 0 radical (unpaired) electrons. The van der Waals surface area contributed by atoms with Crippen LogP contribution in [-0.2, 0) is 16.1 Å². The van der Waals surface area contributed by atoms with Crippen molar-refractivity contribution in [1.29, 1.82) is 0 Å². The predicted octanol–water partition coefficient (Wildman–Crippen LogP) is 3.44. The summed E-state index contributed by atoms with van der Waals surface area (Å²) in [6.45, 7) is 4.55. The highest BCUT2D eigenvalue weighted by atomic mass is 16.6. The summed E-state index contributed by atoms with van der Waals surface area (Å²) in [4.78, 5) is 30.9. The van der Waals surface area contributed by atoms with Gasteiger partial charge in [0.05, 0.1) is 0 Å². The minimum atomic E-state index is -0.527. The second-order valence-corrected chi connectivity index (χ2v) is 6.55. The van der Waals surface area contributed by atoms with Crippen LogP contribution in [-0.4, -0.2) is 34.5 Å². The van der Waals surface area contributed by atoms with Crippen molar-refractivity contribution in [2.24, 2.45) is 0 Å². The number of anilines is 1. The third kappa shape index (κ3) is 4.39. The van der Waals surface area contributed by atoms with E-state index in [1.54, 1.807) is 0 Å². The molecule has 1 aliphatic heterocycles. The summed E-state index contributed by atoms with van der Waals surface area (Å²) < 4.78 is 5.37. The third-order valence-corrected chi connectivity index (χ3v) is 4.34. The van der Waals surface area contributed by atoms with Crippen LogP contribution in [0.15, 0.2) is 42.5 Å². The average Bonchev–Trinajstić information content (AvgIpc) is 3.09. The molecule has 0 unspecified atom stereocenters. The molecule has 1 aliphatic rings. The van der Waals surface area contributed by atoms with Gasteiger partial charge in [-0.1, -0.05) is 30.3 Å². The molecule has 1 fully saturated rings. The van der Waals surface area contributed by atoms with Crippen molar-refractivity contribution in [3.63, 3.8) is 0 Å². The minimum absolute atomic E-state index is 0.198. The first-order valence-corrected chi connectivity index (χ1v) is 8.76. The van der Waals surface area contributed by atoms with Crippen molar-refractivity contribution in [2.45, 2.75) is 39.3 Å². The first-order valence-electron chi connectivity index (χ1n) is 8.76. The van der Waals surface area contributed by atoms with Gasteiger partial charge in [0, 0.05) is 12.2 Å². The number of carbonyl (C=O) groups is 2. The van der Waals surface area contributed by atoms with Gasteiger partial charge in [0.1, 0.15) is 18.5 Å². The van der Waals surface area contributed by atoms with Crippen molar-refractivity contribution in [3.05, 3.63) is 59.3 Å². The lowest BCUT2D eigenvalue weighted by Crippen LogP contribution is -2.43. The van der Waals surface area contributed by atoms with E-state index in [0.717, 1.165) is 23.2 Å². The van der Waals surface area contributed by atoms with Gasteiger partial charge in [0.15, 0.2) is 0 Å². The zero-order valence-electron chi connectivity index (χ0n) is 15.1. The van der Waals surface area contributed by atoms with E-state index >= 15 is 0 Å². The zero-order valence-corrected chi connectivity index (χ0v) is 15.1. The van der Waals surface area contributed by atoms with Crippen LogP contribution in [0.2, 0.25) is 0 Å². The highest BCUT2D eigenvalue weighted by Gasteiger charge is 2.35. The smallest absolute Gasteiger partial charge is 0.410 e. The standard InChI is InChI=1S/C20H23N3O3/c1-14-11-15(2)21-18(12-14)22-19(24)17-9-6-10-23(17)20(25)26-13-16-7-4-3-5-8-16/h3-5,7-8,11-12,17H,6,9-10,13H2,1-2H3,(H,21,22,24)/t17-/m0/s1. The molecule has 0 aliphatic carbocycles. The van der Waals surface area contributed by atoms with Gasteiger partial charge in [-0.2, -0.15) is 0 Å². The van der Waals surface area contributed by atoms with Gasteiger partial charge >= 0.3 is 6.09 Å². The second kappa shape index (κ2) is 7.99. The van der Waals surface area contributed by atoms with Crippen LogP contribution in [0.5, 0.6) is 0 Å². The Labute approximate surface area is 153 Å². The number of aryl methyl sites for hydroxylation is 2. The molecule has 1 saturated heterocycles. The van der Waals surface area contributed by atoms with E-state index in [-0.39, 0.29) is 12.5 Å². The molecule has 0 saturated carbocycles. The Morgan fingerprint density at radius 1 is 1.23 bits per heavy atom. The van der Waals surface area contributed by atoms with Gasteiger partial charge < -0.3 is 10.1 Å². The van der Waals surface area contributed by atoms with E-state index in [2.05, 4.69) is 10.3 Å². The summed E-state index contributed by atoms with van der Waals surface area (Å²) in [5, 5.41) is 2.82. The molecule has 0 bridgehead atoms. The number of hydrogen-bond donors (Lipinski definition) is 1. The van der Waals surface area contributed by atoms with Crippen molar-refractivity contribution < 1.29 is 14.3 Å². The number of rotatable bonds is 4. The number of nitrogens with zero attached hydrogens (tertiary/aromatic N) is 2. The lowest BCUT2D eigenvalue weighted by atomic mass is 10.2. The molecular formula is C20H23N3O3. The molecule has 1 atom stereocenters. The number of hydrogen-bond acceptors (Lipinski definition) is 4. The highest BCUT2D eigenvalue weighted by Crippen LogP contribution is 2.21. The number of pyridine rings is 1. The normalized spacial score (nSPS) is 16.4. The summed E-state index contributed by atoms with van der Waals surface area (Å²) in [5.74, 6) is 0.286. The minimum Gasteiger partial charge on any atom is -0.445 e. The number of carbonyl (C=O) groups excluding carboxylic acids is 2. The second-order valence-electron chi connectivity index (χ2n) is 6.55. The quantitative estimate of drug-likeness (QED) is 0.914. The van der Waals surface area contributed by atoms with Gasteiger partial charge in [0.25, 0.3) is 0 Å². The van der Waals surface area contributed by atoms with Crippen LogP contribution in [0, 0.1) is 13.8 Å². The molecule has 0 spiro atoms. The molecule has 136 valence electrons. The first-order chi connectivity index (χ1) is 12.5. The summed E-state index contributed by atoms with van der Waals surface area (Å²) in [5.41, 5.74) is 2.78. The van der Waals surface area contributed by atoms with Gasteiger partial charge in [-0.3, -0.25) is 9.69 Å². The van der Waals surface area contributed by atoms with Crippen LogP contribution in [0.4, 0.5) is 10.6 Å². The Bertz CT molecular complexity index is 772. The molecule has 2 amide bonds. The molecule has 6 nitrogen and oxygen atoms in total. The van der Waals surface area contributed by atoms with Crippen LogP contribution >= 0.6 is 0 Å². The Hall–Kier alpha value is -2.89. The molecule has 1 aromatic heterocycles. The fourth-order valence-electron chi connectivity index (χ4n) is 3.17. The molecule has 2 aromatic rings. The monoisotopic (exact) mass is 353 g/mol. The van der Waals surface area contributed by atoms with E-state index in [4.69, 9.17) is 4.74 Å². The maximum atomic E-state index is 12.6. The van der Waals surface area contributed by atoms with Gasteiger partial charge in [-0.15, -0.1) is 0 Å². The van der Waals surface area contributed by atoms with Gasteiger partial charge in [-0.05, 0) is 49.9 Å². The zero-order chi connectivity index (χ0) is 18.5. The van der Waals surface area contributed by atoms with Crippen LogP contribution in [0.1, 0.15) is 29.7 Å². The Kier molecular flexibility index (Phi) is 5.51. The Balaban J connectivity index is 1.61. The topological polar surface area (TPSA) is 71.5 Å². The number of amides is 2. The van der Waals surface area contributed by atoms with Crippen LogP contribution < -0.4 is 5.32 Å². The van der Waals surface area contributed by atoms with Crippen molar-refractivity contribution in [1.82, 2.24) is 9.88 Å². The molecule has 1 N–H and O–H groups in total. The van der Waals surface area contributed by atoms with E-state index in [1.807, 2.05) is 56.3 Å². The lowest BCUT2D eigenvalue weighted by molar-refractivity contribution is -0.120. The molecule has 26 heavy (non-hydrogen) atoms. The fourth-order valence-corrected chi connectivity index (χ4v) is 3.17. The van der Waals surface area contributed by atoms with Crippen LogP contribution in [0.25, 0.3) is 0 Å². The molecule has 2 heterocycles. The molecule has 3 rings (SSSR count). The van der Waals surface area contributed by atoms with Gasteiger partial charge in [-0.25, -0.2) is 9.78 Å². The van der Waals surface area contributed by atoms with Crippen LogP contribution in [0.3, 0.4) is 0 Å². The highest BCUT2D eigenvalue weighted by molar-refractivity contribution is 5.96. The predicted molar refractivity (Wildman–Crippen MR) is 98.7 cm³/mol. The SMILES string of the molecule is Cc1cc(C)nc(NC(=O)[C@@H]2CCCN2C(=O)OCc2ccccc2)c1. The van der Waals surface area contributed by atoms with E-state index < -0.39 is 12.1 Å². The number of aromatic nitrogens is 1. The third-order valence-electron chi connectivity index (χ3n) is 4.34. The van der Waals surface area contributed by atoms with E-state index in [0.29, 0.717) is 18.8 Å². The van der Waals surface area contributed by atoms with E-state index in [9.17, 15) is 9.59 Å². The summed E-state index contributed by atoms with van der Waals surface area (Å²) in [6, 6.07) is 12.7. The molecule has 6 heteroatoms. The van der Waals surface area contributed by atoms with E-state index in [1.165, 1.54) is 4.90 Å². The lowest BCUT2D eigenvalue weighted by Gasteiger charge is -2.23. The summed E-state index contributed by atoms with van der Waals surface area (Å²) >= 11 is 0. The van der Waals surface area contributed by atoms with Gasteiger partial charge in [0.2, 0.25) is 5.91 Å². The largest absolute Gasteiger partial charge is 0.445 e. The average molecular weight is 353 g/mol. The summed E-state index contributed by atoms with van der Waals surface area (Å²) in [6.07, 6.45) is 0.940. The first kappa shape index (κ1) is 17.9. The maximum Gasteiger partial charge on any atom is 0.410 e. The molecule has 1 aromatic carbocycles. The van der Waals surface area contributed by atoms with Crippen molar-refractivity contribution >= 4 is 17.8 Å². The van der Waals surface area contributed by atoms with Crippen molar-refractivity contribution in [3.8, 4) is 0 Å². The summed E-state index contributed by atoms with van der Waals surface area (Å²) in [7, 11) is 0. The fraction of sp³-hybridized carbons (Fsp3) is 0.350. The Morgan fingerprint density at radius 3 is 2.73 bits per heavy atom. The number of ether oxygens (including phenoxy) is 1. The molecular weight excluding hydrogens is 330 g/mol. The maximum absolute atomic E-state index is 12.6. The Morgan fingerprint density at radius 2 is 2.00 bits per heavy atom. The number of nitrogens with one attached hydrogen (secondary N) is 1. The number of likely N-dealkylation sites (tertiary alicyclic amines) is 1.